The molecule has 1 fully saturated rings. The Bertz CT molecular complexity index is 1650. The molecule has 6 rings (SSSR count). The van der Waals surface area contributed by atoms with Gasteiger partial charge < -0.3 is 9.88 Å². The number of nitrogens with one attached hydrogen (secondary N) is 1. The first-order valence-electron chi connectivity index (χ1n) is 15.9. The molecule has 0 spiro atoms. The van der Waals surface area contributed by atoms with E-state index in [0.717, 1.165) is 68.0 Å². The fourth-order valence-electron chi connectivity index (χ4n) is 6.46. The first-order chi connectivity index (χ1) is 19.9. The van der Waals surface area contributed by atoms with Crippen molar-refractivity contribution in [1.82, 2.24) is 19.9 Å². The van der Waals surface area contributed by atoms with Crippen LogP contribution in [0, 0.1) is 11.3 Å². The summed E-state index contributed by atoms with van der Waals surface area (Å²) in [5.41, 5.74) is 7.39. The van der Waals surface area contributed by atoms with Gasteiger partial charge in [-0.3, -0.25) is 4.98 Å². The van der Waals surface area contributed by atoms with Crippen molar-refractivity contribution in [2.24, 2.45) is 11.3 Å². The number of aryl methyl sites for hydroxylation is 1. The van der Waals surface area contributed by atoms with Crippen LogP contribution in [0.4, 0.5) is 0 Å². The number of hydrogen-bond donors (Lipinski definition) is 1. The zero-order valence-electron chi connectivity index (χ0n) is 25.5. The Labute approximate surface area is 245 Å². The maximum Gasteiger partial charge on any atom is 0.111 e. The van der Waals surface area contributed by atoms with Gasteiger partial charge in [-0.25, -0.2) is 4.98 Å². The van der Waals surface area contributed by atoms with Gasteiger partial charge in [-0.1, -0.05) is 108 Å². The lowest BCUT2D eigenvalue weighted by Crippen LogP contribution is -2.21. The van der Waals surface area contributed by atoms with Gasteiger partial charge in [0, 0.05) is 24.9 Å². The Morgan fingerprint density at radius 3 is 2.29 bits per heavy atom. The quantitative estimate of drug-likeness (QED) is 0.168. The molecule has 1 saturated carbocycles. The van der Waals surface area contributed by atoms with E-state index in [0.29, 0.717) is 0 Å². The highest BCUT2D eigenvalue weighted by atomic mass is 15.1. The Kier molecular flexibility index (Phi) is 8.12. The molecule has 2 heterocycles. The van der Waals surface area contributed by atoms with E-state index >= 15 is 0 Å². The van der Waals surface area contributed by atoms with Crippen molar-refractivity contribution in [3.63, 3.8) is 0 Å². The van der Waals surface area contributed by atoms with Crippen LogP contribution < -0.4 is 5.32 Å². The van der Waals surface area contributed by atoms with Crippen molar-refractivity contribution >= 4 is 32.7 Å². The molecule has 1 N–H and O–H groups in total. The fraction of sp³-hybridized carbons (Fsp3) is 0.459. The molecule has 41 heavy (non-hydrogen) atoms. The molecule has 0 aliphatic heterocycles. The summed E-state index contributed by atoms with van der Waals surface area (Å²) in [5, 5.41) is 7.65. The first-order valence-corrected chi connectivity index (χ1v) is 15.9. The molecule has 0 bridgehead atoms. The van der Waals surface area contributed by atoms with Gasteiger partial charge >= 0.3 is 0 Å². The minimum atomic E-state index is 0.133. The maximum atomic E-state index is 5.34. The number of aromatic nitrogens is 3. The van der Waals surface area contributed by atoms with Gasteiger partial charge in [0.2, 0.25) is 0 Å². The number of rotatable bonds is 11. The van der Waals surface area contributed by atoms with Crippen molar-refractivity contribution in [3.05, 3.63) is 83.3 Å². The van der Waals surface area contributed by atoms with Crippen molar-refractivity contribution in [2.45, 2.75) is 92.2 Å². The van der Waals surface area contributed by atoms with Crippen LogP contribution in [0.15, 0.2) is 60.7 Å². The molecule has 0 radical (unpaired) electrons. The third-order valence-electron chi connectivity index (χ3n) is 8.89. The highest BCUT2D eigenvalue weighted by molar-refractivity contribution is 6.03. The number of imidazole rings is 1. The standard InChI is InChI=1S/C37H46N4/c1-5-6-18-34-40-35-33(23-37(2,3)4)39-32-17-10-9-16-31(32)36(35)41(34)25-28-20-19-27(29-14-7-8-15-30(28)29)24-38-22-21-26-12-11-13-26/h7-10,14-17,19-20,26,38H,5-6,11-13,18,21-25H2,1-4H3. The summed E-state index contributed by atoms with van der Waals surface area (Å²) in [6, 6.07) is 22.3. The lowest BCUT2D eigenvalue weighted by molar-refractivity contribution is 0.292. The maximum absolute atomic E-state index is 5.34. The molecule has 2 aromatic heterocycles. The van der Waals surface area contributed by atoms with Crippen molar-refractivity contribution < 1.29 is 0 Å². The summed E-state index contributed by atoms with van der Waals surface area (Å²) >= 11 is 0. The van der Waals surface area contributed by atoms with E-state index in [1.807, 2.05) is 0 Å². The van der Waals surface area contributed by atoms with Crippen LogP contribution >= 0.6 is 0 Å². The Morgan fingerprint density at radius 2 is 1.59 bits per heavy atom. The predicted molar refractivity (Wildman–Crippen MR) is 174 cm³/mol. The fourth-order valence-corrected chi connectivity index (χ4v) is 6.46. The number of benzene rings is 3. The summed E-state index contributed by atoms with van der Waals surface area (Å²) in [5.74, 6) is 2.13. The molecule has 0 atom stereocenters. The van der Waals surface area contributed by atoms with Gasteiger partial charge in [-0.05, 0) is 65.1 Å². The average Bonchev–Trinajstić information content (AvgIpc) is 3.29. The van der Waals surface area contributed by atoms with E-state index < -0.39 is 0 Å². The smallest absolute Gasteiger partial charge is 0.111 e. The molecular weight excluding hydrogens is 500 g/mol. The monoisotopic (exact) mass is 546 g/mol. The van der Waals surface area contributed by atoms with E-state index in [1.54, 1.807) is 0 Å². The van der Waals surface area contributed by atoms with Gasteiger partial charge in [0.05, 0.1) is 16.7 Å². The third-order valence-corrected chi connectivity index (χ3v) is 8.89. The molecule has 214 valence electrons. The summed E-state index contributed by atoms with van der Waals surface area (Å²) in [4.78, 5) is 10.5. The van der Waals surface area contributed by atoms with Crippen LogP contribution in [0.2, 0.25) is 0 Å². The van der Waals surface area contributed by atoms with E-state index in [-0.39, 0.29) is 5.41 Å². The third kappa shape index (κ3) is 6.04. The van der Waals surface area contributed by atoms with Crippen molar-refractivity contribution in [1.29, 1.82) is 0 Å². The lowest BCUT2D eigenvalue weighted by Gasteiger charge is -2.25. The van der Waals surface area contributed by atoms with Crippen LogP contribution in [0.5, 0.6) is 0 Å². The van der Waals surface area contributed by atoms with Crippen LogP contribution in [0.25, 0.3) is 32.7 Å². The highest BCUT2D eigenvalue weighted by Crippen LogP contribution is 2.33. The molecular formula is C37H46N4. The van der Waals surface area contributed by atoms with E-state index in [4.69, 9.17) is 9.97 Å². The van der Waals surface area contributed by atoms with Crippen molar-refractivity contribution in [2.75, 3.05) is 6.54 Å². The molecule has 3 aromatic carbocycles. The van der Waals surface area contributed by atoms with Gasteiger partial charge in [-0.15, -0.1) is 0 Å². The molecule has 0 amide bonds. The molecule has 0 saturated heterocycles. The van der Waals surface area contributed by atoms with Crippen LogP contribution in [-0.4, -0.2) is 21.1 Å². The number of pyridine rings is 1. The largest absolute Gasteiger partial charge is 0.323 e. The molecule has 1 aliphatic rings. The molecule has 5 aromatic rings. The SMILES string of the molecule is CCCCc1nc2c(CC(C)(C)C)nc3ccccc3c2n1Cc1ccc(CNCCC2CCC2)c2ccccc12. The highest BCUT2D eigenvalue weighted by Gasteiger charge is 2.22. The number of nitrogens with zero attached hydrogens (tertiary/aromatic N) is 3. The Morgan fingerprint density at radius 1 is 0.878 bits per heavy atom. The minimum absolute atomic E-state index is 0.133. The van der Waals surface area contributed by atoms with Gasteiger partial charge in [0.15, 0.2) is 0 Å². The van der Waals surface area contributed by atoms with E-state index in [1.165, 1.54) is 64.3 Å². The number of hydrogen-bond acceptors (Lipinski definition) is 3. The minimum Gasteiger partial charge on any atom is -0.323 e. The Balaban J connectivity index is 1.42. The normalized spacial score (nSPS) is 14.3. The Hall–Kier alpha value is -3.24. The second-order valence-corrected chi connectivity index (χ2v) is 13.4. The van der Waals surface area contributed by atoms with Crippen LogP contribution in [0.3, 0.4) is 0 Å². The van der Waals surface area contributed by atoms with Crippen LogP contribution in [-0.2, 0) is 25.9 Å². The summed E-state index contributed by atoms with van der Waals surface area (Å²) in [6.07, 6.45) is 9.76. The molecule has 1 aliphatic carbocycles. The van der Waals surface area contributed by atoms with Gasteiger partial charge in [-0.2, -0.15) is 0 Å². The number of fused-ring (bicyclic) bond motifs is 4. The zero-order chi connectivity index (χ0) is 28.4. The molecule has 4 heteroatoms. The second-order valence-electron chi connectivity index (χ2n) is 13.4. The predicted octanol–water partition coefficient (Wildman–Crippen LogP) is 9.00. The van der Waals surface area contributed by atoms with E-state index in [9.17, 15) is 0 Å². The molecule has 0 unspecified atom stereocenters. The summed E-state index contributed by atoms with van der Waals surface area (Å²) in [7, 11) is 0. The molecule has 4 nitrogen and oxygen atoms in total. The second kappa shape index (κ2) is 11.9. The lowest BCUT2D eigenvalue weighted by atomic mass is 9.83. The van der Waals surface area contributed by atoms with Gasteiger partial charge in [0.1, 0.15) is 11.3 Å². The van der Waals surface area contributed by atoms with Gasteiger partial charge in [0.25, 0.3) is 0 Å². The summed E-state index contributed by atoms with van der Waals surface area (Å²) in [6.45, 7) is 12.0. The first kappa shape index (κ1) is 27.9. The number of unbranched alkanes of at least 4 members (excludes halogenated alkanes) is 1. The van der Waals surface area contributed by atoms with Crippen molar-refractivity contribution in [3.8, 4) is 0 Å². The summed E-state index contributed by atoms with van der Waals surface area (Å²) < 4.78 is 2.51. The number of para-hydroxylation sites is 1. The van der Waals surface area contributed by atoms with E-state index in [2.05, 4.69) is 98.2 Å². The van der Waals surface area contributed by atoms with Crippen LogP contribution in [0.1, 0.15) is 88.9 Å². The average molecular weight is 547 g/mol. The topological polar surface area (TPSA) is 42.7 Å². The zero-order valence-corrected chi connectivity index (χ0v) is 25.5.